The Balaban J connectivity index is 1.38. The molecule has 0 aliphatic rings. The Bertz CT molecular complexity index is 1110. The molecule has 0 atom stereocenters. The van der Waals surface area contributed by atoms with Crippen LogP contribution >= 0.6 is 0 Å². The van der Waals surface area contributed by atoms with Crippen molar-refractivity contribution in [2.75, 3.05) is 28.3 Å². The van der Waals surface area contributed by atoms with Crippen LogP contribution in [-0.4, -0.2) is 29.9 Å². The minimum absolute atomic E-state index is 0.0398. The number of hydrogen-bond donors (Lipinski definition) is 5. The lowest BCUT2D eigenvalue weighted by molar-refractivity contribution is 0.939. The Morgan fingerprint density at radius 3 is 1.59 bits per heavy atom. The Hall–Kier alpha value is -4.94. The summed E-state index contributed by atoms with van der Waals surface area (Å²) in [5.74, 6) is 1.03. The fourth-order valence-electron chi connectivity index (χ4n) is 2.72. The van der Waals surface area contributed by atoms with E-state index in [4.69, 9.17) is 22.9 Å². The summed E-state index contributed by atoms with van der Waals surface area (Å²) in [5.41, 5.74) is 25.4. The van der Waals surface area contributed by atoms with E-state index in [9.17, 15) is 0 Å². The van der Waals surface area contributed by atoms with Crippen molar-refractivity contribution < 1.29 is 0 Å². The van der Waals surface area contributed by atoms with Gasteiger partial charge in [0.2, 0.25) is 29.7 Å². The number of azo groups is 1. The fourth-order valence-corrected chi connectivity index (χ4v) is 2.72. The number of rotatable bonds is 6. The van der Waals surface area contributed by atoms with Crippen LogP contribution in [0.4, 0.5) is 46.8 Å². The molecule has 0 aliphatic heterocycles. The third kappa shape index (κ3) is 5.35. The number of aromatic nitrogens is 6. The zero-order chi connectivity index (χ0) is 22.5. The zero-order valence-corrected chi connectivity index (χ0v) is 16.7. The number of nitrogens with zero attached hydrogens (tertiary/aromatic N) is 8. The second-order valence-electron chi connectivity index (χ2n) is 6.56. The van der Waals surface area contributed by atoms with E-state index in [2.05, 4.69) is 45.4 Å². The topological polar surface area (TPSA) is 218 Å². The van der Waals surface area contributed by atoms with Crippen LogP contribution in [0.3, 0.4) is 0 Å². The third-order valence-electron chi connectivity index (χ3n) is 4.09. The van der Waals surface area contributed by atoms with Gasteiger partial charge in [0.25, 0.3) is 0 Å². The molecule has 2 heterocycles. The van der Waals surface area contributed by atoms with Crippen LogP contribution in [0.2, 0.25) is 0 Å². The maximum absolute atomic E-state index is 5.60. The number of hydrogen-bond acceptors (Lipinski definition) is 13. The van der Waals surface area contributed by atoms with Gasteiger partial charge in [-0.1, -0.05) is 12.1 Å². The van der Waals surface area contributed by atoms with Crippen molar-refractivity contribution in [3.63, 3.8) is 0 Å². The van der Waals surface area contributed by atoms with Gasteiger partial charge in [0.15, 0.2) is 0 Å². The van der Waals surface area contributed by atoms with Gasteiger partial charge in [-0.05, 0) is 42.0 Å². The molecule has 0 saturated carbocycles. The highest BCUT2D eigenvalue weighted by molar-refractivity contribution is 5.58. The Labute approximate surface area is 182 Å². The lowest BCUT2D eigenvalue weighted by Gasteiger charge is -2.05. The smallest absolute Gasteiger partial charge is 0.233 e. The summed E-state index contributed by atoms with van der Waals surface area (Å²) < 4.78 is 0. The summed E-state index contributed by atoms with van der Waals surface area (Å²) in [4.78, 5) is 23.6. The van der Waals surface area contributed by atoms with Gasteiger partial charge in [0.05, 0.1) is 11.4 Å². The van der Waals surface area contributed by atoms with E-state index in [1.165, 1.54) is 0 Å². The van der Waals surface area contributed by atoms with E-state index >= 15 is 0 Å². The molecular weight excluding hydrogens is 410 g/mol. The second kappa shape index (κ2) is 8.83. The highest BCUT2D eigenvalue weighted by atomic mass is 15.2. The van der Waals surface area contributed by atoms with Gasteiger partial charge in [0.1, 0.15) is 5.82 Å². The maximum atomic E-state index is 5.60. The molecule has 0 spiro atoms. The van der Waals surface area contributed by atoms with E-state index in [-0.39, 0.29) is 29.7 Å². The normalized spacial score (nSPS) is 11.0. The van der Waals surface area contributed by atoms with E-state index < -0.39 is 0 Å². The van der Waals surface area contributed by atoms with Gasteiger partial charge in [-0.3, -0.25) is 0 Å². The molecule has 32 heavy (non-hydrogen) atoms. The first kappa shape index (κ1) is 20.3. The molecule has 0 bridgehead atoms. The van der Waals surface area contributed by atoms with Crippen LogP contribution in [0.5, 0.6) is 0 Å². The van der Waals surface area contributed by atoms with Gasteiger partial charge in [0, 0.05) is 12.1 Å². The molecule has 0 saturated heterocycles. The van der Waals surface area contributed by atoms with Crippen molar-refractivity contribution in [1.29, 1.82) is 0 Å². The molecular formula is C19H19N13. The van der Waals surface area contributed by atoms with E-state index in [1.54, 1.807) is 24.3 Å². The predicted molar refractivity (Wildman–Crippen MR) is 120 cm³/mol. The van der Waals surface area contributed by atoms with Gasteiger partial charge in [-0.2, -0.15) is 40.1 Å². The van der Waals surface area contributed by atoms with Crippen molar-refractivity contribution in [3.05, 3.63) is 59.9 Å². The number of nitrogens with two attached hydrogens (primary N) is 4. The molecule has 13 heteroatoms. The highest BCUT2D eigenvalue weighted by Gasteiger charge is 2.04. The van der Waals surface area contributed by atoms with Crippen LogP contribution in [0.1, 0.15) is 11.4 Å². The van der Waals surface area contributed by atoms with Crippen LogP contribution < -0.4 is 28.3 Å². The molecule has 2 aromatic heterocycles. The molecule has 0 amide bonds. The zero-order valence-electron chi connectivity index (χ0n) is 16.7. The monoisotopic (exact) mass is 429 g/mol. The average Bonchev–Trinajstić information content (AvgIpc) is 2.73. The van der Waals surface area contributed by atoms with Gasteiger partial charge in [-0.15, -0.1) is 0 Å². The molecule has 160 valence electrons. The van der Waals surface area contributed by atoms with E-state index in [0.717, 1.165) is 11.3 Å². The molecule has 9 N–H and O–H groups in total. The van der Waals surface area contributed by atoms with Crippen molar-refractivity contribution in [2.45, 2.75) is 6.42 Å². The first-order valence-electron chi connectivity index (χ1n) is 9.34. The Kier molecular flexibility index (Phi) is 5.61. The van der Waals surface area contributed by atoms with E-state index in [0.29, 0.717) is 23.6 Å². The molecule has 4 aromatic rings. The summed E-state index contributed by atoms with van der Waals surface area (Å²) in [7, 11) is 0. The van der Waals surface area contributed by atoms with Crippen LogP contribution in [-0.2, 0) is 6.42 Å². The number of nitrogen functional groups attached to an aromatic ring is 4. The highest BCUT2D eigenvalue weighted by Crippen LogP contribution is 2.22. The van der Waals surface area contributed by atoms with Gasteiger partial charge in [-0.25, -0.2) is 0 Å². The quantitative estimate of drug-likeness (QED) is 0.279. The summed E-state index contributed by atoms with van der Waals surface area (Å²) in [6, 6.07) is 14.7. The Morgan fingerprint density at radius 1 is 0.594 bits per heavy atom. The van der Waals surface area contributed by atoms with Gasteiger partial charge >= 0.3 is 0 Å². The summed E-state index contributed by atoms with van der Waals surface area (Å²) >= 11 is 0. The lowest BCUT2D eigenvalue weighted by Crippen LogP contribution is -2.07. The summed E-state index contributed by atoms with van der Waals surface area (Å²) in [6.07, 6.45) is 0.474. The standard InChI is InChI=1S/C19H19N13/c20-15-25-14(26-16(21)27-15)9-10-1-3-12(4-2-10)31-32-13-7-5-11(6-8-13)24-19-29-17(22)28-18(23)30-19/h1-8H,9H2,(H4,20,21,25,26,27)(H5,22,23,24,28,29,30). The number of anilines is 6. The minimum atomic E-state index is 0.0398. The van der Waals surface area contributed by atoms with Crippen LogP contribution in [0, 0.1) is 0 Å². The number of nitrogens with one attached hydrogen (secondary N) is 1. The van der Waals surface area contributed by atoms with Crippen LogP contribution in [0.15, 0.2) is 58.8 Å². The molecule has 0 fully saturated rings. The molecule has 13 nitrogen and oxygen atoms in total. The maximum Gasteiger partial charge on any atom is 0.233 e. The lowest BCUT2D eigenvalue weighted by atomic mass is 10.1. The first-order chi connectivity index (χ1) is 15.4. The predicted octanol–water partition coefficient (Wildman–Crippen LogP) is 2.14. The molecule has 0 aliphatic carbocycles. The molecule has 4 rings (SSSR count). The fraction of sp³-hybridized carbons (Fsp3) is 0.0526. The van der Waals surface area contributed by atoms with E-state index in [1.807, 2.05) is 24.3 Å². The Morgan fingerprint density at radius 2 is 1.06 bits per heavy atom. The van der Waals surface area contributed by atoms with Crippen molar-refractivity contribution in [3.8, 4) is 0 Å². The average molecular weight is 429 g/mol. The van der Waals surface area contributed by atoms with Crippen molar-refractivity contribution in [1.82, 2.24) is 29.9 Å². The largest absolute Gasteiger partial charge is 0.368 e. The molecule has 0 unspecified atom stereocenters. The first-order valence-corrected chi connectivity index (χ1v) is 9.34. The third-order valence-corrected chi connectivity index (χ3v) is 4.09. The van der Waals surface area contributed by atoms with Crippen molar-refractivity contribution >= 4 is 46.8 Å². The van der Waals surface area contributed by atoms with Gasteiger partial charge < -0.3 is 28.3 Å². The molecule has 0 radical (unpaired) electrons. The van der Waals surface area contributed by atoms with Crippen LogP contribution in [0.25, 0.3) is 0 Å². The summed E-state index contributed by atoms with van der Waals surface area (Å²) in [6.45, 7) is 0. The summed E-state index contributed by atoms with van der Waals surface area (Å²) in [5, 5.41) is 11.5. The molecule has 2 aromatic carbocycles. The minimum Gasteiger partial charge on any atom is -0.368 e. The van der Waals surface area contributed by atoms with Crippen molar-refractivity contribution in [2.24, 2.45) is 10.2 Å². The second-order valence-corrected chi connectivity index (χ2v) is 6.56. The number of benzene rings is 2. The SMILES string of the molecule is Nc1nc(N)nc(Cc2ccc(N=Nc3ccc(Nc4nc(N)nc(N)n4)cc3)cc2)n1.